The Morgan fingerprint density at radius 1 is 0.952 bits per heavy atom. The van der Waals surface area contributed by atoms with Crippen LogP contribution in [-0.2, 0) is 17.0 Å². The molecule has 0 heterocycles. The third kappa shape index (κ3) is 6.53. The van der Waals surface area contributed by atoms with E-state index < -0.39 is 26.2 Å². The average molecular weight is 601 g/mol. The number of halogens is 4. The Bertz CT molecular complexity index is 1420. The van der Waals surface area contributed by atoms with E-state index in [2.05, 4.69) is 67.6 Å². The van der Waals surface area contributed by atoms with Crippen LogP contribution in [0.1, 0.15) is 106 Å². The summed E-state index contributed by atoms with van der Waals surface area (Å²) >= 11 is 0. The lowest BCUT2D eigenvalue weighted by Crippen LogP contribution is -2.43. The van der Waals surface area contributed by atoms with Gasteiger partial charge in [-0.2, -0.15) is 13.2 Å². The molecule has 1 aliphatic rings. The van der Waals surface area contributed by atoms with E-state index >= 15 is 0 Å². The molecule has 3 aromatic carbocycles. The smallest absolute Gasteiger partial charge is 0.410 e. The van der Waals surface area contributed by atoms with Crippen LogP contribution in [0.4, 0.5) is 17.6 Å². The molecule has 0 bridgehead atoms. The first-order chi connectivity index (χ1) is 19.2. The van der Waals surface area contributed by atoms with Crippen molar-refractivity contribution < 1.29 is 27.1 Å². The fraction of sp³-hybridized carbons (Fsp3) is 0.486. The predicted molar refractivity (Wildman–Crippen MR) is 165 cm³/mol. The van der Waals surface area contributed by atoms with E-state index in [4.69, 9.17) is 4.43 Å². The average Bonchev–Trinajstić information content (AvgIpc) is 2.85. The first kappa shape index (κ1) is 32.4. The minimum Gasteiger partial charge on any atom is -0.410 e. The summed E-state index contributed by atoms with van der Waals surface area (Å²) in [5.41, 5.74) is 4.80. The monoisotopic (exact) mass is 600 g/mol. The van der Waals surface area contributed by atoms with Gasteiger partial charge in [0.25, 0.3) is 0 Å². The van der Waals surface area contributed by atoms with E-state index in [0.29, 0.717) is 11.1 Å². The minimum absolute atomic E-state index is 0.0124. The lowest BCUT2D eigenvalue weighted by atomic mass is 9.68. The van der Waals surface area contributed by atoms with Crippen molar-refractivity contribution >= 4 is 8.32 Å². The molecule has 0 saturated heterocycles. The summed E-state index contributed by atoms with van der Waals surface area (Å²) in [6.45, 7) is 19.7. The minimum atomic E-state index is -4.47. The topological polar surface area (TPSA) is 29.5 Å². The number of alkyl halides is 3. The fourth-order valence-corrected chi connectivity index (χ4v) is 7.12. The Kier molecular flexibility index (Phi) is 8.66. The van der Waals surface area contributed by atoms with Gasteiger partial charge in [-0.1, -0.05) is 78.8 Å². The zero-order valence-electron chi connectivity index (χ0n) is 26.2. The van der Waals surface area contributed by atoms with Gasteiger partial charge >= 0.3 is 6.18 Å². The first-order valence-electron chi connectivity index (χ1n) is 14.7. The van der Waals surface area contributed by atoms with Gasteiger partial charge in [-0.25, -0.2) is 4.39 Å². The maximum atomic E-state index is 14.2. The van der Waals surface area contributed by atoms with E-state index in [1.165, 1.54) is 24.3 Å². The van der Waals surface area contributed by atoms with Gasteiger partial charge in [0.1, 0.15) is 11.9 Å². The summed E-state index contributed by atoms with van der Waals surface area (Å²) in [6.07, 6.45) is -4.34. The molecule has 7 heteroatoms. The van der Waals surface area contributed by atoms with Crippen molar-refractivity contribution in [2.45, 2.75) is 104 Å². The van der Waals surface area contributed by atoms with Crippen molar-refractivity contribution in [3.05, 3.63) is 93.8 Å². The zero-order chi connectivity index (χ0) is 31.4. The Balaban J connectivity index is 2.05. The number of aliphatic hydroxyl groups excluding tert-OH is 1. The molecule has 0 fully saturated rings. The number of aliphatic hydroxyl groups is 1. The fourth-order valence-electron chi connectivity index (χ4n) is 5.85. The zero-order valence-corrected chi connectivity index (χ0v) is 27.2. The maximum absolute atomic E-state index is 14.2. The lowest BCUT2D eigenvalue weighted by molar-refractivity contribution is -0.137. The standard InChI is InChI=1S/C35H44F4O2Si/c1-21(2)27-18-24-19-34(6,7)20-28(41-42(8,9)33(3,4)5)29(24)30(22-12-16-26(36)17-13-22)31(27)32(40)23-10-14-25(15-11-23)35(37,38)39/h10-18,21,28,32,40H,19-20H2,1-9H3. The predicted octanol–water partition coefficient (Wildman–Crippen LogP) is 10.8. The largest absolute Gasteiger partial charge is 0.416 e. The molecular formula is C35H44F4O2Si. The second-order valence-corrected chi connectivity index (χ2v) is 19.2. The van der Waals surface area contributed by atoms with Gasteiger partial charge in [-0.3, -0.25) is 0 Å². The van der Waals surface area contributed by atoms with Crippen LogP contribution in [-0.4, -0.2) is 13.4 Å². The number of rotatable bonds is 6. The summed E-state index contributed by atoms with van der Waals surface area (Å²) in [4.78, 5) is 0. The molecule has 4 rings (SSSR count). The van der Waals surface area contributed by atoms with Gasteiger partial charge in [-0.15, -0.1) is 0 Å². The van der Waals surface area contributed by atoms with Crippen molar-refractivity contribution in [3.63, 3.8) is 0 Å². The molecule has 2 nitrogen and oxygen atoms in total. The molecule has 0 radical (unpaired) electrons. The molecule has 0 spiro atoms. The van der Waals surface area contributed by atoms with Gasteiger partial charge in [0.2, 0.25) is 0 Å². The van der Waals surface area contributed by atoms with Gasteiger partial charge < -0.3 is 9.53 Å². The summed E-state index contributed by atoms with van der Waals surface area (Å²) in [5.74, 6) is -0.355. The molecular weight excluding hydrogens is 556 g/mol. The second kappa shape index (κ2) is 11.2. The molecule has 1 N–H and O–H groups in total. The van der Waals surface area contributed by atoms with E-state index in [0.717, 1.165) is 52.8 Å². The highest BCUT2D eigenvalue weighted by atomic mass is 28.4. The van der Waals surface area contributed by atoms with Crippen molar-refractivity contribution in [3.8, 4) is 11.1 Å². The van der Waals surface area contributed by atoms with Crippen LogP contribution < -0.4 is 0 Å². The molecule has 42 heavy (non-hydrogen) atoms. The SMILES string of the molecule is CC(C)c1cc2c(c(-c3ccc(F)cc3)c1C(O)c1ccc(C(F)(F)F)cc1)C(O[Si](C)(C)C(C)(C)C)CC(C)(C)C2. The normalized spacial score (nSPS) is 18.2. The molecule has 228 valence electrons. The van der Waals surface area contributed by atoms with Crippen LogP contribution in [0, 0.1) is 11.2 Å². The summed E-state index contributed by atoms with van der Waals surface area (Å²) in [7, 11) is -2.25. The molecule has 0 amide bonds. The molecule has 2 atom stereocenters. The number of benzene rings is 3. The van der Waals surface area contributed by atoms with Crippen LogP contribution in [0.2, 0.25) is 18.1 Å². The summed E-state index contributed by atoms with van der Waals surface area (Å²) < 4.78 is 61.3. The van der Waals surface area contributed by atoms with Crippen molar-refractivity contribution in [1.82, 2.24) is 0 Å². The van der Waals surface area contributed by atoms with E-state index in [-0.39, 0.29) is 28.3 Å². The molecule has 0 saturated carbocycles. The molecule has 0 aromatic heterocycles. The summed E-state index contributed by atoms with van der Waals surface area (Å²) in [5, 5.41) is 11.9. The third-order valence-electron chi connectivity index (χ3n) is 9.08. The van der Waals surface area contributed by atoms with Gasteiger partial charge in [0, 0.05) is 0 Å². The Hall–Kier alpha value is -2.48. The highest BCUT2D eigenvalue weighted by Crippen LogP contribution is 2.53. The van der Waals surface area contributed by atoms with Crippen molar-refractivity contribution in [2.24, 2.45) is 5.41 Å². The Morgan fingerprint density at radius 2 is 1.52 bits per heavy atom. The van der Waals surface area contributed by atoms with Gasteiger partial charge in [0.15, 0.2) is 8.32 Å². The Morgan fingerprint density at radius 3 is 2.02 bits per heavy atom. The summed E-state index contributed by atoms with van der Waals surface area (Å²) in [6, 6.07) is 13.1. The van der Waals surface area contributed by atoms with E-state index in [1.54, 1.807) is 12.1 Å². The van der Waals surface area contributed by atoms with Crippen LogP contribution in [0.5, 0.6) is 0 Å². The maximum Gasteiger partial charge on any atom is 0.416 e. The first-order valence-corrected chi connectivity index (χ1v) is 17.6. The quantitative estimate of drug-likeness (QED) is 0.225. The number of hydrogen-bond donors (Lipinski definition) is 1. The van der Waals surface area contributed by atoms with E-state index in [1.807, 2.05) is 0 Å². The highest BCUT2D eigenvalue weighted by molar-refractivity contribution is 6.74. The molecule has 2 unspecified atom stereocenters. The van der Waals surface area contributed by atoms with Crippen LogP contribution in [0.3, 0.4) is 0 Å². The highest BCUT2D eigenvalue weighted by Gasteiger charge is 2.44. The third-order valence-corrected chi connectivity index (χ3v) is 13.6. The molecule has 3 aromatic rings. The van der Waals surface area contributed by atoms with Crippen molar-refractivity contribution in [1.29, 1.82) is 0 Å². The van der Waals surface area contributed by atoms with Gasteiger partial charge in [0.05, 0.1) is 11.7 Å². The molecule has 0 aliphatic heterocycles. The number of hydrogen-bond acceptors (Lipinski definition) is 2. The van der Waals surface area contributed by atoms with Gasteiger partial charge in [-0.05, 0) is 106 Å². The second-order valence-electron chi connectivity index (χ2n) is 14.4. The number of fused-ring (bicyclic) bond motifs is 1. The van der Waals surface area contributed by atoms with Crippen molar-refractivity contribution in [2.75, 3.05) is 0 Å². The molecule has 1 aliphatic carbocycles. The lowest BCUT2D eigenvalue weighted by Gasteiger charge is -2.45. The van der Waals surface area contributed by atoms with Crippen LogP contribution in [0.15, 0.2) is 54.6 Å². The van der Waals surface area contributed by atoms with Crippen LogP contribution >= 0.6 is 0 Å². The van der Waals surface area contributed by atoms with Crippen LogP contribution in [0.25, 0.3) is 11.1 Å². The Labute approximate surface area is 249 Å². The van der Waals surface area contributed by atoms with E-state index in [9.17, 15) is 22.7 Å².